The number of carbonyl (C=O) groups is 1. The molecule has 1 amide bonds. The van der Waals surface area contributed by atoms with Gasteiger partial charge in [-0.1, -0.05) is 44.2 Å². The van der Waals surface area contributed by atoms with E-state index in [9.17, 15) is 20.1 Å². The molecule has 0 saturated heterocycles. The predicted octanol–water partition coefficient (Wildman–Crippen LogP) is 4.35. The summed E-state index contributed by atoms with van der Waals surface area (Å²) in [6.45, 7) is 8.57. The van der Waals surface area contributed by atoms with Gasteiger partial charge in [0.05, 0.1) is 25.9 Å². The molecule has 0 aliphatic heterocycles. The Morgan fingerprint density at radius 2 is 1.77 bits per heavy atom. The third-order valence-corrected chi connectivity index (χ3v) is 6.43. The Bertz CT molecular complexity index is 1200. The Morgan fingerprint density at radius 1 is 1.00 bits per heavy atom. The molecule has 0 saturated carbocycles. The van der Waals surface area contributed by atoms with E-state index in [1.54, 1.807) is 24.0 Å². The summed E-state index contributed by atoms with van der Waals surface area (Å²) in [6, 6.07) is 20.5. The zero-order valence-corrected chi connectivity index (χ0v) is 23.7. The Hall–Kier alpha value is -3.43. The van der Waals surface area contributed by atoms with Crippen molar-refractivity contribution in [3.63, 3.8) is 0 Å². The normalized spacial score (nSPS) is 11.9. The summed E-state index contributed by atoms with van der Waals surface area (Å²) < 4.78 is 11.6. The van der Waals surface area contributed by atoms with Gasteiger partial charge in [-0.3, -0.25) is 4.79 Å². The van der Waals surface area contributed by atoms with Gasteiger partial charge in [-0.05, 0) is 72.0 Å². The summed E-state index contributed by atoms with van der Waals surface area (Å²) in [6.07, 6.45) is 0.0677. The molecule has 40 heavy (non-hydrogen) atoms. The van der Waals surface area contributed by atoms with Gasteiger partial charge in [-0.25, -0.2) is 0 Å². The van der Waals surface area contributed by atoms with Gasteiger partial charge in [-0.15, -0.1) is 0 Å². The van der Waals surface area contributed by atoms with Crippen LogP contribution in [0.5, 0.6) is 11.5 Å². The van der Waals surface area contributed by atoms with Crippen LogP contribution in [0, 0.1) is 5.92 Å². The second-order valence-corrected chi connectivity index (χ2v) is 10.3. The molecular weight excluding hydrogens is 508 g/mol. The summed E-state index contributed by atoms with van der Waals surface area (Å²) in [4.78, 5) is 13.9. The maximum Gasteiger partial charge on any atom is 0.223 e. The Labute approximate surface area is 237 Å². The van der Waals surface area contributed by atoms with Crippen LogP contribution in [0.15, 0.2) is 66.7 Å². The molecule has 0 aromatic heterocycles. The van der Waals surface area contributed by atoms with Crippen LogP contribution in [0.3, 0.4) is 0 Å². The summed E-state index contributed by atoms with van der Waals surface area (Å²) in [7, 11) is 0. The second kappa shape index (κ2) is 16.0. The van der Waals surface area contributed by atoms with Crippen LogP contribution >= 0.6 is 0 Å². The smallest absolute Gasteiger partial charge is 0.223 e. The first-order valence-electron chi connectivity index (χ1n) is 13.7. The number of ether oxygens (including phenoxy) is 2. The van der Waals surface area contributed by atoms with E-state index in [1.807, 2.05) is 48.5 Å². The molecule has 3 rings (SSSR count). The molecule has 0 spiro atoms. The molecule has 216 valence electrons. The van der Waals surface area contributed by atoms with Crippen molar-refractivity contribution in [3.8, 4) is 11.5 Å². The van der Waals surface area contributed by atoms with Gasteiger partial charge >= 0.3 is 0 Å². The average Bonchev–Trinajstić information content (AvgIpc) is 2.94. The predicted molar refractivity (Wildman–Crippen MR) is 156 cm³/mol. The number of phenols is 1. The summed E-state index contributed by atoms with van der Waals surface area (Å²) in [5.41, 5.74) is 4.09. The van der Waals surface area contributed by atoms with Gasteiger partial charge in [0.2, 0.25) is 5.91 Å². The van der Waals surface area contributed by atoms with Gasteiger partial charge in [-0.2, -0.15) is 0 Å². The topological polar surface area (TPSA) is 111 Å². The molecule has 8 nitrogen and oxygen atoms in total. The number of anilines is 1. The van der Waals surface area contributed by atoms with Crippen molar-refractivity contribution in [1.82, 2.24) is 5.32 Å². The van der Waals surface area contributed by atoms with Crippen molar-refractivity contribution in [2.75, 3.05) is 37.7 Å². The highest BCUT2D eigenvalue weighted by atomic mass is 16.5. The van der Waals surface area contributed by atoms with Gasteiger partial charge in [0.25, 0.3) is 0 Å². The zero-order valence-electron chi connectivity index (χ0n) is 23.7. The van der Waals surface area contributed by atoms with E-state index in [0.29, 0.717) is 56.5 Å². The lowest BCUT2D eigenvalue weighted by Crippen LogP contribution is -2.32. The van der Waals surface area contributed by atoms with E-state index in [4.69, 9.17) is 9.47 Å². The minimum absolute atomic E-state index is 0.0211. The number of aliphatic hydroxyl groups excluding tert-OH is 2. The van der Waals surface area contributed by atoms with Gasteiger partial charge in [0, 0.05) is 31.3 Å². The van der Waals surface area contributed by atoms with Gasteiger partial charge in [0.15, 0.2) is 0 Å². The molecule has 0 heterocycles. The zero-order chi connectivity index (χ0) is 28.9. The second-order valence-electron chi connectivity index (χ2n) is 10.3. The van der Waals surface area contributed by atoms with Crippen LogP contribution in [-0.4, -0.2) is 54.1 Å². The number of hydrogen-bond acceptors (Lipinski definition) is 7. The SMILES string of the molecule is CC(=O)N(CC(C)C)c1cccc(COCCOc2ccc(CCNC[C@@H](O)c3ccc(O)c(CO)c3)cc2)c1. The molecule has 0 aliphatic rings. The van der Waals surface area contributed by atoms with E-state index < -0.39 is 6.10 Å². The summed E-state index contributed by atoms with van der Waals surface area (Å²) in [5, 5.41) is 32.5. The number of nitrogens with one attached hydrogen (secondary N) is 1. The fraction of sp³-hybridized carbons (Fsp3) is 0.406. The molecule has 0 unspecified atom stereocenters. The maximum absolute atomic E-state index is 12.1. The largest absolute Gasteiger partial charge is 0.508 e. The molecule has 8 heteroatoms. The van der Waals surface area contributed by atoms with Crippen molar-refractivity contribution in [1.29, 1.82) is 0 Å². The molecular formula is C32H42N2O6. The van der Waals surface area contributed by atoms with Crippen LogP contribution in [0.4, 0.5) is 5.69 Å². The van der Waals surface area contributed by atoms with Crippen LogP contribution in [0.25, 0.3) is 0 Å². The fourth-order valence-electron chi connectivity index (χ4n) is 4.28. The lowest BCUT2D eigenvalue weighted by molar-refractivity contribution is -0.116. The number of rotatable bonds is 16. The van der Waals surface area contributed by atoms with Gasteiger partial charge < -0.3 is 35.0 Å². The van der Waals surface area contributed by atoms with Crippen LogP contribution in [-0.2, 0) is 29.2 Å². The number of aliphatic hydroxyl groups is 2. The van der Waals surface area contributed by atoms with Crippen molar-refractivity contribution >= 4 is 11.6 Å². The monoisotopic (exact) mass is 550 g/mol. The minimum atomic E-state index is -0.729. The van der Waals surface area contributed by atoms with E-state index in [2.05, 4.69) is 19.2 Å². The lowest BCUT2D eigenvalue weighted by atomic mass is 10.1. The van der Waals surface area contributed by atoms with Crippen molar-refractivity contribution in [3.05, 3.63) is 89.0 Å². The highest BCUT2D eigenvalue weighted by Crippen LogP contribution is 2.22. The fourth-order valence-corrected chi connectivity index (χ4v) is 4.28. The highest BCUT2D eigenvalue weighted by Gasteiger charge is 2.13. The van der Waals surface area contributed by atoms with Crippen LogP contribution in [0.2, 0.25) is 0 Å². The molecule has 0 aliphatic carbocycles. The Balaban J connectivity index is 1.34. The highest BCUT2D eigenvalue weighted by molar-refractivity contribution is 5.91. The number of nitrogens with zero attached hydrogens (tertiary/aromatic N) is 1. The van der Waals surface area contributed by atoms with Crippen LogP contribution < -0.4 is 15.0 Å². The quantitative estimate of drug-likeness (QED) is 0.196. The summed E-state index contributed by atoms with van der Waals surface area (Å²) in [5.74, 6) is 1.21. The molecule has 1 atom stereocenters. The van der Waals surface area contributed by atoms with E-state index in [1.165, 1.54) is 6.07 Å². The Kier molecular flexibility index (Phi) is 12.4. The Morgan fingerprint density at radius 3 is 2.48 bits per heavy atom. The molecule has 3 aromatic rings. The number of amides is 1. The lowest BCUT2D eigenvalue weighted by Gasteiger charge is -2.23. The van der Waals surface area contributed by atoms with E-state index in [0.717, 1.165) is 29.0 Å². The molecule has 0 bridgehead atoms. The number of aromatic hydroxyl groups is 1. The number of hydrogen-bond donors (Lipinski definition) is 4. The molecule has 0 fully saturated rings. The molecule has 0 radical (unpaired) electrons. The first kappa shape index (κ1) is 31.1. The van der Waals surface area contributed by atoms with Gasteiger partial charge in [0.1, 0.15) is 18.1 Å². The summed E-state index contributed by atoms with van der Waals surface area (Å²) >= 11 is 0. The van der Waals surface area contributed by atoms with E-state index >= 15 is 0 Å². The average molecular weight is 551 g/mol. The van der Waals surface area contributed by atoms with E-state index in [-0.39, 0.29) is 18.3 Å². The third kappa shape index (κ3) is 9.95. The van der Waals surface area contributed by atoms with Crippen molar-refractivity contribution in [2.24, 2.45) is 5.92 Å². The number of carbonyl (C=O) groups excluding carboxylic acids is 1. The van der Waals surface area contributed by atoms with Crippen molar-refractivity contribution in [2.45, 2.75) is 46.5 Å². The van der Waals surface area contributed by atoms with Crippen LogP contribution in [0.1, 0.15) is 49.1 Å². The van der Waals surface area contributed by atoms with Crippen molar-refractivity contribution < 1.29 is 29.6 Å². The third-order valence-electron chi connectivity index (χ3n) is 6.43. The number of benzene rings is 3. The minimum Gasteiger partial charge on any atom is -0.508 e. The molecule has 4 N–H and O–H groups in total. The maximum atomic E-state index is 12.1. The first-order valence-corrected chi connectivity index (χ1v) is 13.7. The molecule has 3 aromatic carbocycles. The standard InChI is InChI=1S/C32H42N2O6/c1-23(2)20-34(24(3)36)29-6-4-5-26(17-29)22-39-15-16-40-30-10-7-25(8-11-30)13-14-33-19-32(38)27-9-12-31(37)28(18-27)21-35/h4-12,17-18,23,32-33,35,37-38H,13-16,19-22H2,1-3H3/t32-/m1/s1. The first-order chi connectivity index (χ1) is 19.3.